The number of ether oxygens (including phenoxy) is 1. The van der Waals surface area contributed by atoms with Crippen molar-refractivity contribution in [2.75, 3.05) is 39.3 Å². The molecule has 0 spiro atoms. The molecule has 0 saturated carbocycles. The van der Waals surface area contributed by atoms with E-state index < -0.39 is 0 Å². The van der Waals surface area contributed by atoms with E-state index in [1.807, 2.05) is 18.2 Å². The highest BCUT2D eigenvalue weighted by Gasteiger charge is 2.24. The second-order valence-corrected chi connectivity index (χ2v) is 8.05. The summed E-state index contributed by atoms with van der Waals surface area (Å²) >= 11 is 0. The third-order valence-corrected chi connectivity index (χ3v) is 5.69. The van der Waals surface area contributed by atoms with E-state index in [0.717, 1.165) is 52.1 Å². The van der Waals surface area contributed by atoms with E-state index >= 15 is 0 Å². The van der Waals surface area contributed by atoms with Crippen molar-refractivity contribution in [2.45, 2.75) is 32.1 Å². The van der Waals surface area contributed by atoms with Crippen LogP contribution in [0, 0.1) is 0 Å². The van der Waals surface area contributed by atoms with Crippen LogP contribution >= 0.6 is 0 Å². The average molecular weight is 410 g/mol. The molecule has 1 N–H and O–H groups in total. The van der Waals surface area contributed by atoms with Crippen molar-refractivity contribution < 1.29 is 14.4 Å². The van der Waals surface area contributed by atoms with Crippen molar-refractivity contribution in [3.05, 3.63) is 71.3 Å². The predicted molar refractivity (Wildman–Crippen MR) is 116 cm³/mol. The van der Waals surface area contributed by atoms with Crippen LogP contribution in [0.25, 0.3) is 0 Å². The molecule has 1 atom stereocenters. The zero-order valence-corrected chi connectivity index (χ0v) is 17.5. The minimum Gasteiger partial charge on any atom is -0.372 e. The number of hydrogen-bond acceptors (Lipinski definition) is 6. The van der Waals surface area contributed by atoms with E-state index in [1.165, 1.54) is 11.1 Å². The van der Waals surface area contributed by atoms with Crippen LogP contribution in [0.1, 0.15) is 34.3 Å². The number of hydrogen-bond donors (Lipinski definition) is 1. The molecule has 2 aliphatic rings. The van der Waals surface area contributed by atoms with Crippen LogP contribution in [0.5, 0.6) is 0 Å². The van der Waals surface area contributed by atoms with Gasteiger partial charge in [0.1, 0.15) is 0 Å². The molecule has 2 aromatic carbocycles. The van der Waals surface area contributed by atoms with Crippen molar-refractivity contribution in [3.8, 4) is 0 Å². The first-order valence-electron chi connectivity index (χ1n) is 10.9. The van der Waals surface area contributed by atoms with Crippen LogP contribution in [0.15, 0.2) is 54.6 Å². The van der Waals surface area contributed by atoms with Gasteiger partial charge >= 0.3 is 5.97 Å². The molecule has 30 heavy (non-hydrogen) atoms. The van der Waals surface area contributed by atoms with E-state index in [-0.39, 0.29) is 12.1 Å². The molecular formula is C24H31N3O3. The van der Waals surface area contributed by atoms with Crippen LogP contribution in [0.2, 0.25) is 0 Å². The Balaban J connectivity index is 1.22. The van der Waals surface area contributed by atoms with Gasteiger partial charge in [-0.15, -0.1) is 5.06 Å². The number of carbonyl (C=O) groups excluding carboxylic acids is 1. The third-order valence-electron chi connectivity index (χ3n) is 5.69. The summed E-state index contributed by atoms with van der Waals surface area (Å²) in [7, 11) is 0. The van der Waals surface area contributed by atoms with Crippen LogP contribution in [0.4, 0.5) is 0 Å². The van der Waals surface area contributed by atoms with Gasteiger partial charge in [0.25, 0.3) is 0 Å². The van der Waals surface area contributed by atoms with E-state index in [0.29, 0.717) is 18.7 Å². The van der Waals surface area contributed by atoms with Crippen molar-refractivity contribution in [1.82, 2.24) is 15.3 Å². The second-order valence-electron chi connectivity index (χ2n) is 8.05. The fourth-order valence-corrected chi connectivity index (χ4v) is 3.95. The largest absolute Gasteiger partial charge is 0.372 e. The monoisotopic (exact) mass is 409 g/mol. The summed E-state index contributed by atoms with van der Waals surface area (Å²) in [4.78, 5) is 20.3. The lowest BCUT2D eigenvalue weighted by atomic mass is 10.1. The lowest BCUT2D eigenvalue weighted by Crippen LogP contribution is -2.42. The minimum atomic E-state index is -0.309. The molecular weight excluding hydrogens is 378 g/mol. The highest BCUT2D eigenvalue weighted by atomic mass is 16.7. The molecule has 2 aliphatic heterocycles. The summed E-state index contributed by atoms with van der Waals surface area (Å²) in [5.74, 6) is -0.309. The Morgan fingerprint density at radius 1 is 0.967 bits per heavy atom. The molecule has 2 heterocycles. The average Bonchev–Trinajstić information content (AvgIpc) is 2.80. The number of nitrogens with zero attached hydrogens (tertiary/aromatic N) is 2. The van der Waals surface area contributed by atoms with E-state index in [4.69, 9.17) is 9.57 Å². The van der Waals surface area contributed by atoms with E-state index in [1.54, 1.807) is 17.2 Å². The summed E-state index contributed by atoms with van der Waals surface area (Å²) in [6.07, 6.45) is 2.01. The number of rotatable bonds is 7. The molecule has 160 valence electrons. The number of carbonyl (C=O) groups is 1. The summed E-state index contributed by atoms with van der Waals surface area (Å²) in [6, 6.07) is 17.8. The van der Waals surface area contributed by atoms with Gasteiger partial charge in [-0.05, 0) is 36.1 Å². The molecule has 2 saturated heterocycles. The van der Waals surface area contributed by atoms with Crippen molar-refractivity contribution in [1.29, 1.82) is 0 Å². The number of piperidine rings is 1. The van der Waals surface area contributed by atoms with Gasteiger partial charge in [-0.25, -0.2) is 4.79 Å². The van der Waals surface area contributed by atoms with E-state index in [9.17, 15) is 4.79 Å². The first-order chi connectivity index (χ1) is 14.8. The standard InChI is InChI=1S/C24H31N3O3/c28-24(22-5-2-1-3-6-22)30-27-14-4-7-23(18-27)29-19-21-10-8-20(9-11-21)17-26-15-12-25-13-16-26/h1-3,5-6,8-11,23,25H,4,7,12-19H2/t23-/m1/s1. The Morgan fingerprint density at radius 2 is 1.70 bits per heavy atom. The summed E-state index contributed by atoms with van der Waals surface area (Å²) < 4.78 is 6.12. The molecule has 6 nitrogen and oxygen atoms in total. The smallest absolute Gasteiger partial charge is 0.357 e. The van der Waals surface area contributed by atoms with Crippen molar-refractivity contribution in [2.24, 2.45) is 0 Å². The van der Waals surface area contributed by atoms with Crippen LogP contribution in [0.3, 0.4) is 0 Å². The first-order valence-corrected chi connectivity index (χ1v) is 10.9. The molecule has 0 radical (unpaired) electrons. The lowest BCUT2D eigenvalue weighted by molar-refractivity contribution is -0.153. The van der Waals surface area contributed by atoms with Gasteiger partial charge in [-0.3, -0.25) is 4.90 Å². The second kappa shape index (κ2) is 10.7. The van der Waals surface area contributed by atoms with Crippen molar-refractivity contribution in [3.63, 3.8) is 0 Å². The normalized spacial score (nSPS) is 20.7. The Labute approximate surface area is 178 Å². The highest BCUT2D eigenvalue weighted by Crippen LogP contribution is 2.17. The maximum Gasteiger partial charge on any atom is 0.357 e. The number of piperazine rings is 1. The Morgan fingerprint density at radius 3 is 2.47 bits per heavy atom. The van der Waals surface area contributed by atoms with Gasteiger partial charge in [0.15, 0.2) is 0 Å². The highest BCUT2D eigenvalue weighted by molar-refractivity contribution is 5.89. The fraction of sp³-hybridized carbons (Fsp3) is 0.458. The molecule has 0 aromatic heterocycles. The van der Waals surface area contributed by atoms with Gasteiger partial charge in [-0.1, -0.05) is 42.5 Å². The zero-order valence-electron chi connectivity index (χ0n) is 17.5. The van der Waals surface area contributed by atoms with Crippen LogP contribution in [-0.4, -0.2) is 61.3 Å². The van der Waals surface area contributed by atoms with Gasteiger partial charge in [0.2, 0.25) is 0 Å². The Hall–Kier alpha value is -2.25. The number of benzene rings is 2. The molecule has 0 bridgehead atoms. The summed E-state index contributed by atoms with van der Waals surface area (Å²) in [6.45, 7) is 7.32. The fourth-order valence-electron chi connectivity index (χ4n) is 3.95. The van der Waals surface area contributed by atoms with Gasteiger partial charge in [-0.2, -0.15) is 0 Å². The van der Waals surface area contributed by atoms with Crippen molar-refractivity contribution >= 4 is 5.97 Å². The molecule has 2 fully saturated rings. The zero-order chi connectivity index (χ0) is 20.6. The third kappa shape index (κ3) is 6.12. The summed E-state index contributed by atoms with van der Waals surface area (Å²) in [5.41, 5.74) is 3.09. The van der Waals surface area contributed by atoms with Gasteiger partial charge in [0, 0.05) is 39.3 Å². The van der Waals surface area contributed by atoms with Crippen LogP contribution in [-0.2, 0) is 22.7 Å². The molecule has 0 amide bonds. The molecule has 0 unspecified atom stereocenters. The predicted octanol–water partition coefficient (Wildman–Crippen LogP) is 2.84. The maximum atomic E-state index is 12.3. The quantitative estimate of drug-likeness (QED) is 0.759. The topological polar surface area (TPSA) is 54.0 Å². The lowest BCUT2D eigenvalue weighted by Gasteiger charge is -2.31. The molecule has 6 heteroatoms. The molecule has 0 aliphatic carbocycles. The molecule has 2 aromatic rings. The van der Waals surface area contributed by atoms with Crippen LogP contribution < -0.4 is 5.32 Å². The van der Waals surface area contributed by atoms with Gasteiger partial charge in [0.05, 0.1) is 24.8 Å². The summed E-state index contributed by atoms with van der Waals surface area (Å²) in [5, 5.41) is 5.13. The SMILES string of the molecule is O=C(ON1CCC[C@@H](OCc2ccc(CN3CCNCC3)cc2)C1)c1ccccc1. The number of nitrogens with one attached hydrogen (secondary N) is 1. The van der Waals surface area contributed by atoms with E-state index in [2.05, 4.69) is 34.5 Å². The minimum absolute atomic E-state index is 0.0721. The molecule has 4 rings (SSSR count). The Bertz CT molecular complexity index is 791. The first kappa shape index (κ1) is 21.0. The van der Waals surface area contributed by atoms with Gasteiger partial charge < -0.3 is 14.9 Å². The maximum absolute atomic E-state index is 12.3. The number of hydroxylamine groups is 2. The Kier molecular flexibility index (Phi) is 7.48.